The summed E-state index contributed by atoms with van der Waals surface area (Å²) in [5.74, 6) is 0.872. The van der Waals surface area contributed by atoms with Crippen molar-refractivity contribution in [1.29, 1.82) is 0 Å². The first-order valence-corrected chi connectivity index (χ1v) is 5.24. The number of piperidine rings is 1. The molecule has 0 spiro atoms. The Morgan fingerprint density at radius 2 is 2.31 bits per heavy atom. The van der Waals surface area contributed by atoms with Gasteiger partial charge in [-0.05, 0) is 46.4 Å². The summed E-state index contributed by atoms with van der Waals surface area (Å²) in [6.07, 6.45) is 2.77. The van der Waals surface area contributed by atoms with E-state index in [1.165, 1.54) is 32.5 Å². The molecule has 0 radical (unpaired) electrons. The fourth-order valence-electron chi connectivity index (χ4n) is 2.20. The first-order valence-electron chi connectivity index (χ1n) is 5.24. The van der Waals surface area contributed by atoms with Crippen LogP contribution in [0.25, 0.3) is 0 Å². The summed E-state index contributed by atoms with van der Waals surface area (Å²) in [5.41, 5.74) is 0. The molecule has 1 saturated heterocycles. The lowest BCUT2D eigenvalue weighted by Gasteiger charge is -2.32. The number of nitrogens with one attached hydrogen (secondary N) is 1. The minimum atomic E-state index is 0.872. The molecule has 1 rings (SSSR count). The Morgan fingerprint density at radius 3 is 2.92 bits per heavy atom. The van der Waals surface area contributed by atoms with Crippen molar-refractivity contribution in [2.75, 3.05) is 47.4 Å². The Labute approximate surface area is 82.1 Å². The summed E-state index contributed by atoms with van der Waals surface area (Å²) in [5, 5.41) is 3.18. The molecule has 3 nitrogen and oxygen atoms in total. The van der Waals surface area contributed by atoms with Crippen molar-refractivity contribution in [2.45, 2.75) is 12.8 Å². The fraction of sp³-hybridized carbons (Fsp3) is 1.00. The van der Waals surface area contributed by atoms with Gasteiger partial charge in [-0.3, -0.25) is 4.90 Å². The van der Waals surface area contributed by atoms with Crippen LogP contribution in [0, 0.1) is 5.92 Å². The van der Waals surface area contributed by atoms with E-state index < -0.39 is 0 Å². The van der Waals surface area contributed by atoms with E-state index in [2.05, 4.69) is 29.2 Å². The van der Waals surface area contributed by atoms with Gasteiger partial charge in [0.2, 0.25) is 0 Å². The molecule has 13 heavy (non-hydrogen) atoms. The van der Waals surface area contributed by atoms with Gasteiger partial charge in [0.1, 0.15) is 0 Å². The van der Waals surface area contributed by atoms with Crippen molar-refractivity contribution in [3.8, 4) is 0 Å². The van der Waals surface area contributed by atoms with Gasteiger partial charge in [0.25, 0.3) is 0 Å². The predicted octanol–water partition coefficient (Wildman–Crippen LogP) is 0.437. The average molecular weight is 185 g/mol. The maximum atomic E-state index is 3.18. The Bertz CT molecular complexity index is 138. The number of rotatable bonds is 4. The minimum absolute atomic E-state index is 0.872. The summed E-state index contributed by atoms with van der Waals surface area (Å²) in [6.45, 7) is 4.78. The van der Waals surface area contributed by atoms with E-state index in [4.69, 9.17) is 0 Å². The zero-order valence-corrected chi connectivity index (χ0v) is 9.21. The van der Waals surface area contributed by atoms with Crippen molar-refractivity contribution in [1.82, 2.24) is 15.1 Å². The zero-order valence-electron chi connectivity index (χ0n) is 9.21. The second-order valence-electron chi connectivity index (χ2n) is 4.32. The van der Waals surface area contributed by atoms with E-state index >= 15 is 0 Å². The third kappa shape index (κ3) is 4.07. The predicted molar refractivity (Wildman–Crippen MR) is 56.8 cm³/mol. The van der Waals surface area contributed by atoms with Gasteiger partial charge >= 0.3 is 0 Å². The largest absolute Gasteiger partial charge is 0.307 e. The van der Waals surface area contributed by atoms with Crippen LogP contribution < -0.4 is 5.32 Å². The standard InChI is InChI=1S/C10H23N3/c1-11-9-13(3)8-10-5-4-6-12(2)7-10/h10-11H,4-9H2,1-3H3. The van der Waals surface area contributed by atoms with Crippen LogP contribution in [0.15, 0.2) is 0 Å². The van der Waals surface area contributed by atoms with Crippen molar-refractivity contribution in [3.63, 3.8) is 0 Å². The highest BCUT2D eigenvalue weighted by molar-refractivity contribution is 4.72. The lowest BCUT2D eigenvalue weighted by atomic mass is 9.98. The topological polar surface area (TPSA) is 18.5 Å². The molecule has 0 bridgehead atoms. The van der Waals surface area contributed by atoms with Crippen LogP contribution in [0.1, 0.15) is 12.8 Å². The summed E-state index contributed by atoms with van der Waals surface area (Å²) in [6, 6.07) is 0. The SMILES string of the molecule is CNCN(C)CC1CCCN(C)C1. The first kappa shape index (κ1) is 11.0. The van der Waals surface area contributed by atoms with Crippen LogP contribution in [0.5, 0.6) is 0 Å². The molecule has 1 unspecified atom stereocenters. The Hall–Kier alpha value is -0.120. The molecule has 0 aliphatic carbocycles. The summed E-state index contributed by atoms with van der Waals surface area (Å²) < 4.78 is 0. The van der Waals surface area contributed by atoms with Crippen LogP contribution >= 0.6 is 0 Å². The van der Waals surface area contributed by atoms with Gasteiger partial charge in [-0.2, -0.15) is 0 Å². The third-order valence-electron chi connectivity index (χ3n) is 2.72. The van der Waals surface area contributed by atoms with Gasteiger partial charge in [-0.25, -0.2) is 0 Å². The van der Waals surface area contributed by atoms with Crippen LogP contribution in [0.2, 0.25) is 0 Å². The molecule has 0 aromatic heterocycles. The van der Waals surface area contributed by atoms with E-state index in [-0.39, 0.29) is 0 Å². The molecule has 1 heterocycles. The number of likely N-dealkylation sites (tertiary alicyclic amines) is 1. The smallest absolute Gasteiger partial charge is 0.0475 e. The average Bonchev–Trinajstić information content (AvgIpc) is 2.04. The van der Waals surface area contributed by atoms with Gasteiger partial charge in [0.15, 0.2) is 0 Å². The van der Waals surface area contributed by atoms with Crippen molar-refractivity contribution >= 4 is 0 Å². The molecule has 1 aliphatic heterocycles. The van der Waals surface area contributed by atoms with Gasteiger partial charge in [0.05, 0.1) is 0 Å². The van der Waals surface area contributed by atoms with E-state index in [0.717, 1.165) is 12.6 Å². The number of hydrogen-bond acceptors (Lipinski definition) is 3. The first-order chi connectivity index (χ1) is 6.22. The monoisotopic (exact) mass is 185 g/mol. The maximum Gasteiger partial charge on any atom is 0.0475 e. The summed E-state index contributed by atoms with van der Waals surface area (Å²) >= 11 is 0. The minimum Gasteiger partial charge on any atom is -0.307 e. The number of nitrogens with zero attached hydrogens (tertiary/aromatic N) is 2. The van der Waals surface area contributed by atoms with Crippen LogP contribution in [0.3, 0.4) is 0 Å². The Kier molecular flexibility index (Phi) is 4.70. The van der Waals surface area contributed by atoms with Crippen LogP contribution in [0.4, 0.5) is 0 Å². The highest BCUT2D eigenvalue weighted by Gasteiger charge is 2.17. The Morgan fingerprint density at radius 1 is 1.54 bits per heavy atom. The second kappa shape index (κ2) is 5.58. The zero-order chi connectivity index (χ0) is 9.68. The van der Waals surface area contributed by atoms with E-state index in [1.807, 2.05) is 7.05 Å². The molecule has 78 valence electrons. The molecule has 0 aromatic carbocycles. The van der Waals surface area contributed by atoms with Crippen molar-refractivity contribution in [3.05, 3.63) is 0 Å². The fourth-order valence-corrected chi connectivity index (χ4v) is 2.20. The highest BCUT2D eigenvalue weighted by atomic mass is 15.2. The van der Waals surface area contributed by atoms with Gasteiger partial charge < -0.3 is 10.2 Å². The van der Waals surface area contributed by atoms with Crippen LogP contribution in [-0.2, 0) is 0 Å². The molecule has 1 fully saturated rings. The van der Waals surface area contributed by atoms with E-state index in [1.54, 1.807) is 0 Å². The molecule has 3 heteroatoms. The van der Waals surface area contributed by atoms with E-state index in [9.17, 15) is 0 Å². The third-order valence-corrected chi connectivity index (χ3v) is 2.72. The Balaban J connectivity index is 2.19. The summed E-state index contributed by atoms with van der Waals surface area (Å²) in [7, 11) is 6.42. The molecule has 1 atom stereocenters. The number of hydrogen-bond donors (Lipinski definition) is 1. The van der Waals surface area contributed by atoms with Crippen molar-refractivity contribution < 1.29 is 0 Å². The maximum absolute atomic E-state index is 3.18. The molecule has 1 N–H and O–H groups in total. The molecule has 0 aromatic rings. The van der Waals surface area contributed by atoms with Gasteiger partial charge in [0, 0.05) is 19.8 Å². The second-order valence-corrected chi connectivity index (χ2v) is 4.32. The molecule has 0 saturated carbocycles. The van der Waals surface area contributed by atoms with Gasteiger partial charge in [-0.1, -0.05) is 0 Å². The van der Waals surface area contributed by atoms with Crippen LogP contribution in [-0.4, -0.2) is 57.2 Å². The normalized spacial score (nSPS) is 25.4. The summed E-state index contributed by atoms with van der Waals surface area (Å²) in [4.78, 5) is 4.81. The molecular formula is C10H23N3. The van der Waals surface area contributed by atoms with Gasteiger partial charge in [-0.15, -0.1) is 0 Å². The van der Waals surface area contributed by atoms with E-state index in [0.29, 0.717) is 0 Å². The quantitative estimate of drug-likeness (QED) is 0.641. The molecule has 0 amide bonds. The lowest BCUT2D eigenvalue weighted by Crippen LogP contribution is -2.40. The van der Waals surface area contributed by atoms with Crippen molar-refractivity contribution in [2.24, 2.45) is 5.92 Å². The molecular weight excluding hydrogens is 162 g/mol. The highest BCUT2D eigenvalue weighted by Crippen LogP contribution is 2.15. The molecule has 1 aliphatic rings. The lowest BCUT2D eigenvalue weighted by molar-refractivity contribution is 0.163.